The molecule has 1 saturated heterocycles. The predicted octanol–water partition coefficient (Wildman–Crippen LogP) is 1.91. The van der Waals surface area contributed by atoms with Crippen LogP contribution in [-0.2, 0) is 11.8 Å². The fourth-order valence-corrected chi connectivity index (χ4v) is 3.99. The third-order valence-corrected chi connectivity index (χ3v) is 5.85. The largest absolute Gasteiger partial charge is 0.457 e. The zero-order valence-corrected chi connectivity index (χ0v) is 19.8. The van der Waals surface area contributed by atoms with E-state index >= 15 is 0 Å². The Morgan fingerprint density at radius 1 is 1.03 bits per heavy atom. The highest BCUT2D eigenvalue weighted by Gasteiger charge is 2.32. The average Bonchev–Trinajstić information content (AvgIpc) is 3.14. The van der Waals surface area contributed by atoms with E-state index in [0.29, 0.717) is 49.2 Å². The second-order valence-corrected chi connectivity index (χ2v) is 8.92. The van der Waals surface area contributed by atoms with E-state index in [1.54, 1.807) is 51.7 Å². The smallest absolute Gasteiger partial charge is 0.323 e. The highest BCUT2D eigenvalue weighted by Crippen LogP contribution is 2.28. The fraction of sp³-hybridized carbons (Fsp3) is 0.333. The standard InChI is InChI=1S/C24H28N6O5/c1-24(2,34)22(32)29-8-10-30(11-9-29)23(33)27-20-14-17(6-7-26-20)35-16-4-5-18-15(12-16)13-19(21(25)31)28(18)3/h4-7,12-14,34H,8-11H2,1-3H3,(H2,25,31)(H,26,27,33). The summed E-state index contributed by atoms with van der Waals surface area (Å²) in [6, 6.07) is 10.1. The maximum Gasteiger partial charge on any atom is 0.323 e. The van der Waals surface area contributed by atoms with Crippen molar-refractivity contribution in [1.82, 2.24) is 19.4 Å². The molecule has 1 fully saturated rings. The minimum absolute atomic E-state index is 0.319. The van der Waals surface area contributed by atoms with Crippen molar-refractivity contribution in [1.29, 1.82) is 0 Å². The van der Waals surface area contributed by atoms with Crippen molar-refractivity contribution in [3.05, 3.63) is 48.3 Å². The Bertz CT molecular complexity index is 1290. The summed E-state index contributed by atoms with van der Waals surface area (Å²) in [4.78, 5) is 43.8. The number of hydrogen-bond donors (Lipinski definition) is 3. The Morgan fingerprint density at radius 3 is 2.34 bits per heavy atom. The zero-order valence-electron chi connectivity index (χ0n) is 19.8. The summed E-state index contributed by atoms with van der Waals surface area (Å²) in [5.74, 6) is 0.477. The molecule has 4 rings (SSSR count). The first-order valence-corrected chi connectivity index (χ1v) is 11.1. The number of carbonyl (C=O) groups excluding carboxylic acids is 3. The summed E-state index contributed by atoms with van der Waals surface area (Å²) >= 11 is 0. The molecular weight excluding hydrogens is 452 g/mol. The Kier molecular flexibility index (Phi) is 6.35. The Labute approximate surface area is 202 Å². The molecule has 0 unspecified atom stereocenters. The first kappa shape index (κ1) is 24.0. The number of urea groups is 1. The van der Waals surface area contributed by atoms with Crippen molar-refractivity contribution in [2.45, 2.75) is 19.4 Å². The Balaban J connectivity index is 1.39. The number of hydrogen-bond acceptors (Lipinski definition) is 6. The highest BCUT2D eigenvalue weighted by molar-refractivity contribution is 5.98. The topological polar surface area (TPSA) is 143 Å². The lowest BCUT2D eigenvalue weighted by molar-refractivity contribution is -0.149. The van der Waals surface area contributed by atoms with E-state index in [0.717, 1.165) is 10.9 Å². The van der Waals surface area contributed by atoms with Gasteiger partial charge in [-0.25, -0.2) is 9.78 Å². The summed E-state index contributed by atoms with van der Waals surface area (Å²) in [5.41, 5.74) is 5.23. The minimum Gasteiger partial charge on any atom is -0.457 e. The third kappa shape index (κ3) is 5.19. The average molecular weight is 481 g/mol. The molecule has 4 amide bonds. The number of benzene rings is 1. The molecule has 0 bridgehead atoms. The number of rotatable bonds is 5. The number of pyridine rings is 1. The van der Waals surface area contributed by atoms with Gasteiger partial charge in [-0.3, -0.25) is 14.9 Å². The van der Waals surface area contributed by atoms with Gasteiger partial charge in [0.1, 0.15) is 28.6 Å². The van der Waals surface area contributed by atoms with Crippen LogP contribution in [-0.4, -0.2) is 74.1 Å². The number of ether oxygens (including phenoxy) is 1. The van der Waals surface area contributed by atoms with Crippen molar-refractivity contribution >= 4 is 34.6 Å². The molecule has 0 saturated carbocycles. The SMILES string of the molecule is Cn1c(C(N)=O)cc2cc(Oc3ccnc(NC(=O)N4CCN(C(=O)C(C)(C)O)CC4)c3)ccc21. The van der Waals surface area contributed by atoms with Crippen LogP contribution in [0.3, 0.4) is 0 Å². The molecule has 2 aromatic heterocycles. The number of aliphatic hydroxyl groups is 1. The molecular formula is C24H28N6O5. The number of nitrogens with one attached hydrogen (secondary N) is 1. The molecule has 4 N–H and O–H groups in total. The second kappa shape index (κ2) is 9.26. The van der Waals surface area contributed by atoms with E-state index in [4.69, 9.17) is 10.5 Å². The number of anilines is 1. The van der Waals surface area contributed by atoms with E-state index in [1.165, 1.54) is 20.0 Å². The van der Waals surface area contributed by atoms with Gasteiger partial charge in [0.25, 0.3) is 11.8 Å². The monoisotopic (exact) mass is 480 g/mol. The van der Waals surface area contributed by atoms with Gasteiger partial charge >= 0.3 is 6.03 Å². The number of primary amides is 1. The molecule has 11 nitrogen and oxygen atoms in total. The lowest BCUT2D eigenvalue weighted by atomic mass is 10.1. The molecule has 11 heteroatoms. The molecule has 184 valence electrons. The van der Waals surface area contributed by atoms with Crippen molar-refractivity contribution in [3.8, 4) is 11.5 Å². The van der Waals surface area contributed by atoms with E-state index in [-0.39, 0.29) is 11.9 Å². The number of carbonyl (C=O) groups is 3. The van der Waals surface area contributed by atoms with Gasteiger partial charge in [-0.15, -0.1) is 0 Å². The van der Waals surface area contributed by atoms with Gasteiger partial charge in [-0.1, -0.05) is 0 Å². The Morgan fingerprint density at radius 2 is 1.69 bits per heavy atom. The van der Waals surface area contributed by atoms with Gasteiger partial charge in [0.15, 0.2) is 0 Å². The molecule has 0 atom stereocenters. The molecule has 1 aliphatic heterocycles. The van der Waals surface area contributed by atoms with Gasteiger partial charge in [0.05, 0.1) is 0 Å². The molecule has 0 radical (unpaired) electrons. The molecule has 1 aliphatic rings. The van der Waals surface area contributed by atoms with Gasteiger partial charge in [-0.05, 0) is 44.2 Å². The lowest BCUT2D eigenvalue weighted by Crippen LogP contribution is -2.55. The van der Waals surface area contributed by atoms with Crippen LogP contribution in [0.1, 0.15) is 24.3 Å². The molecule has 1 aromatic carbocycles. The van der Waals surface area contributed by atoms with Gasteiger partial charge in [0.2, 0.25) is 0 Å². The second-order valence-electron chi connectivity index (χ2n) is 8.92. The summed E-state index contributed by atoms with van der Waals surface area (Å²) < 4.78 is 7.66. The lowest BCUT2D eigenvalue weighted by Gasteiger charge is -2.37. The van der Waals surface area contributed by atoms with Crippen LogP contribution in [0, 0.1) is 0 Å². The van der Waals surface area contributed by atoms with Gasteiger partial charge < -0.3 is 29.9 Å². The first-order chi connectivity index (χ1) is 16.5. The molecule has 0 spiro atoms. The van der Waals surface area contributed by atoms with E-state index in [2.05, 4.69) is 10.3 Å². The molecule has 35 heavy (non-hydrogen) atoms. The van der Waals surface area contributed by atoms with Crippen LogP contribution >= 0.6 is 0 Å². The molecule has 3 heterocycles. The van der Waals surface area contributed by atoms with Gasteiger partial charge in [-0.2, -0.15) is 0 Å². The first-order valence-electron chi connectivity index (χ1n) is 11.1. The molecule has 0 aliphatic carbocycles. The Hall–Kier alpha value is -4.12. The van der Waals surface area contributed by atoms with Crippen LogP contribution < -0.4 is 15.8 Å². The summed E-state index contributed by atoms with van der Waals surface area (Å²) in [6.07, 6.45) is 1.52. The number of piperazine rings is 1. The molecule has 3 aromatic rings. The normalized spacial score (nSPS) is 14.2. The van der Waals surface area contributed by atoms with Crippen molar-refractivity contribution < 1.29 is 24.2 Å². The summed E-state index contributed by atoms with van der Waals surface area (Å²) in [7, 11) is 1.77. The van der Waals surface area contributed by atoms with Crippen LogP contribution in [0.15, 0.2) is 42.6 Å². The van der Waals surface area contributed by atoms with Gasteiger partial charge in [0, 0.05) is 56.4 Å². The number of fused-ring (bicyclic) bond motifs is 1. The quantitative estimate of drug-likeness (QED) is 0.509. The number of amides is 4. The number of aromatic nitrogens is 2. The zero-order chi connectivity index (χ0) is 25.3. The van der Waals surface area contributed by atoms with Crippen LogP contribution in [0.5, 0.6) is 11.5 Å². The van der Waals surface area contributed by atoms with Crippen molar-refractivity contribution in [3.63, 3.8) is 0 Å². The van der Waals surface area contributed by atoms with Crippen LogP contribution in [0.25, 0.3) is 10.9 Å². The third-order valence-electron chi connectivity index (χ3n) is 5.85. The predicted molar refractivity (Wildman–Crippen MR) is 129 cm³/mol. The minimum atomic E-state index is -1.44. The summed E-state index contributed by atoms with van der Waals surface area (Å²) in [5, 5.41) is 13.5. The van der Waals surface area contributed by atoms with E-state index in [9.17, 15) is 19.5 Å². The van der Waals surface area contributed by atoms with Crippen molar-refractivity contribution in [2.75, 3.05) is 31.5 Å². The maximum atomic E-state index is 12.7. The highest BCUT2D eigenvalue weighted by atomic mass is 16.5. The number of aryl methyl sites for hydroxylation is 1. The van der Waals surface area contributed by atoms with E-state index < -0.39 is 11.5 Å². The number of nitrogens with zero attached hydrogens (tertiary/aromatic N) is 4. The van der Waals surface area contributed by atoms with E-state index in [1.807, 2.05) is 6.07 Å². The summed E-state index contributed by atoms with van der Waals surface area (Å²) in [6.45, 7) is 4.26. The maximum absolute atomic E-state index is 12.7. The fourth-order valence-electron chi connectivity index (χ4n) is 3.99. The van der Waals surface area contributed by atoms with Crippen LogP contribution in [0.4, 0.5) is 10.6 Å². The van der Waals surface area contributed by atoms with Crippen LogP contribution in [0.2, 0.25) is 0 Å². The number of nitrogens with two attached hydrogens (primary N) is 1. The van der Waals surface area contributed by atoms with Crippen molar-refractivity contribution in [2.24, 2.45) is 12.8 Å².